The van der Waals surface area contributed by atoms with E-state index in [4.69, 9.17) is 22.1 Å². The number of hydrazine groups is 1. The van der Waals surface area contributed by atoms with Crippen LogP contribution in [0.3, 0.4) is 0 Å². The van der Waals surface area contributed by atoms with E-state index in [1.807, 2.05) is 35.5 Å². The van der Waals surface area contributed by atoms with Crippen LogP contribution in [0, 0.1) is 5.92 Å². The Kier molecular flexibility index (Phi) is 3.85. The van der Waals surface area contributed by atoms with E-state index in [1.165, 1.54) is 12.8 Å². The monoisotopic (exact) mass is 291 g/mol. The number of ether oxygens (including phenoxy) is 1. The van der Waals surface area contributed by atoms with Crippen molar-refractivity contribution in [3.8, 4) is 5.75 Å². The van der Waals surface area contributed by atoms with E-state index in [0.29, 0.717) is 17.3 Å². The smallest absolute Gasteiger partial charge is 0.165 e. The Bertz CT molecular complexity index is 535. The first-order chi connectivity index (χ1) is 9.74. The summed E-state index contributed by atoms with van der Waals surface area (Å²) < 4.78 is 5.77. The molecule has 0 amide bonds. The minimum atomic E-state index is 0.529. The Balaban J connectivity index is 1.62. The molecule has 2 aliphatic rings. The molecule has 106 valence electrons. The fraction of sp³-hybridized carbons (Fsp3) is 0.333. The molecule has 0 bridgehead atoms. The molecule has 0 radical (unpaired) electrons. The first kappa shape index (κ1) is 13.3. The van der Waals surface area contributed by atoms with Crippen molar-refractivity contribution in [3.05, 3.63) is 53.0 Å². The number of nitrogens with one attached hydrogen (secondary N) is 1. The molecule has 1 aliphatic carbocycles. The Morgan fingerprint density at radius 1 is 1.30 bits per heavy atom. The second-order valence-corrected chi connectivity index (χ2v) is 5.57. The third-order valence-electron chi connectivity index (χ3n) is 3.40. The lowest BCUT2D eigenvalue weighted by Crippen LogP contribution is -2.34. The molecule has 1 saturated carbocycles. The topological polar surface area (TPSA) is 50.5 Å². The zero-order valence-corrected chi connectivity index (χ0v) is 11.9. The summed E-state index contributed by atoms with van der Waals surface area (Å²) in [5.74, 6) is 2.17. The van der Waals surface area contributed by atoms with Gasteiger partial charge in [-0.15, -0.1) is 0 Å². The van der Waals surface area contributed by atoms with Gasteiger partial charge in [0.15, 0.2) is 5.76 Å². The molecule has 0 saturated heterocycles. The summed E-state index contributed by atoms with van der Waals surface area (Å²) in [5, 5.41) is 2.61. The van der Waals surface area contributed by atoms with E-state index in [1.54, 1.807) is 6.20 Å². The molecular formula is C15H18ClN3O. The van der Waals surface area contributed by atoms with E-state index in [2.05, 4.69) is 5.43 Å². The molecule has 1 aromatic carbocycles. The highest BCUT2D eigenvalue weighted by Crippen LogP contribution is 2.31. The van der Waals surface area contributed by atoms with Crippen LogP contribution in [-0.2, 0) is 6.54 Å². The van der Waals surface area contributed by atoms with Gasteiger partial charge in [-0.3, -0.25) is 5.01 Å². The predicted molar refractivity (Wildman–Crippen MR) is 79.5 cm³/mol. The van der Waals surface area contributed by atoms with Crippen LogP contribution in [-0.4, -0.2) is 11.6 Å². The van der Waals surface area contributed by atoms with Crippen LogP contribution in [0.15, 0.2) is 47.5 Å². The van der Waals surface area contributed by atoms with Gasteiger partial charge in [0.25, 0.3) is 0 Å². The van der Waals surface area contributed by atoms with E-state index in [0.717, 1.165) is 23.8 Å². The highest BCUT2D eigenvalue weighted by molar-refractivity contribution is 6.31. The highest BCUT2D eigenvalue weighted by Gasteiger charge is 2.24. The summed E-state index contributed by atoms with van der Waals surface area (Å²) in [6, 6.07) is 7.68. The van der Waals surface area contributed by atoms with E-state index < -0.39 is 0 Å². The first-order valence-electron chi connectivity index (χ1n) is 6.82. The largest absolute Gasteiger partial charge is 0.454 e. The quantitative estimate of drug-likeness (QED) is 0.876. The van der Waals surface area contributed by atoms with Gasteiger partial charge >= 0.3 is 0 Å². The maximum Gasteiger partial charge on any atom is 0.165 e. The predicted octanol–water partition coefficient (Wildman–Crippen LogP) is 2.68. The molecule has 0 unspecified atom stereocenters. The van der Waals surface area contributed by atoms with Crippen molar-refractivity contribution in [1.29, 1.82) is 0 Å². The van der Waals surface area contributed by atoms with Gasteiger partial charge in [0.2, 0.25) is 0 Å². The molecule has 0 atom stereocenters. The van der Waals surface area contributed by atoms with Gasteiger partial charge < -0.3 is 15.9 Å². The number of rotatable bonds is 5. The SMILES string of the molecule is NCc1ccc(OC2=CNN(CC3CC3)C=C2Cl)cc1. The standard InChI is InChI=1S/C15H18ClN3O/c16-14-10-19(9-12-1-2-12)18-8-15(14)20-13-5-3-11(7-17)4-6-13/h3-6,8,10,12,18H,1-2,7,9,17H2. The zero-order valence-electron chi connectivity index (χ0n) is 11.2. The molecule has 1 fully saturated rings. The highest BCUT2D eigenvalue weighted by atomic mass is 35.5. The number of allylic oxidation sites excluding steroid dienone is 1. The van der Waals surface area contributed by atoms with E-state index in [9.17, 15) is 0 Å². The number of hydrogen-bond acceptors (Lipinski definition) is 4. The van der Waals surface area contributed by atoms with Crippen molar-refractivity contribution >= 4 is 11.6 Å². The van der Waals surface area contributed by atoms with Crippen molar-refractivity contribution in [3.63, 3.8) is 0 Å². The molecule has 1 heterocycles. The van der Waals surface area contributed by atoms with Crippen LogP contribution in [0.5, 0.6) is 5.75 Å². The summed E-state index contributed by atoms with van der Waals surface area (Å²) in [4.78, 5) is 0. The van der Waals surface area contributed by atoms with Crippen LogP contribution >= 0.6 is 11.6 Å². The minimum Gasteiger partial charge on any atom is -0.454 e. The van der Waals surface area contributed by atoms with E-state index >= 15 is 0 Å². The van der Waals surface area contributed by atoms with Crippen LogP contribution in [0.1, 0.15) is 18.4 Å². The molecule has 4 nitrogen and oxygen atoms in total. The van der Waals surface area contributed by atoms with Gasteiger partial charge in [0, 0.05) is 19.3 Å². The van der Waals surface area contributed by atoms with Gasteiger partial charge in [0.1, 0.15) is 10.8 Å². The van der Waals surface area contributed by atoms with Gasteiger partial charge in [0.05, 0.1) is 6.20 Å². The lowest BCUT2D eigenvalue weighted by Gasteiger charge is -2.25. The molecule has 1 aliphatic heterocycles. The van der Waals surface area contributed by atoms with Gasteiger partial charge in [-0.2, -0.15) is 0 Å². The van der Waals surface area contributed by atoms with Crippen molar-refractivity contribution in [2.45, 2.75) is 19.4 Å². The first-order valence-corrected chi connectivity index (χ1v) is 7.20. The minimum absolute atomic E-state index is 0.529. The van der Waals surface area contributed by atoms with Gasteiger partial charge in [-0.1, -0.05) is 23.7 Å². The Labute approximate surface area is 123 Å². The molecular weight excluding hydrogens is 274 g/mol. The third-order valence-corrected chi connectivity index (χ3v) is 3.69. The lowest BCUT2D eigenvalue weighted by atomic mass is 10.2. The fourth-order valence-electron chi connectivity index (χ4n) is 2.03. The number of nitrogens with zero attached hydrogens (tertiary/aromatic N) is 1. The van der Waals surface area contributed by atoms with Crippen molar-refractivity contribution in [1.82, 2.24) is 10.4 Å². The number of benzene rings is 1. The normalized spacial score (nSPS) is 18.2. The average Bonchev–Trinajstić information content (AvgIpc) is 3.27. The average molecular weight is 292 g/mol. The van der Waals surface area contributed by atoms with Gasteiger partial charge in [-0.25, -0.2) is 0 Å². The lowest BCUT2D eigenvalue weighted by molar-refractivity contribution is 0.283. The number of nitrogens with two attached hydrogens (primary N) is 1. The Morgan fingerprint density at radius 3 is 2.65 bits per heavy atom. The summed E-state index contributed by atoms with van der Waals surface area (Å²) in [5.41, 5.74) is 9.82. The van der Waals surface area contributed by atoms with Gasteiger partial charge in [-0.05, 0) is 36.5 Å². The van der Waals surface area contributed by atoms with Crippen LogP contribution in [0.4, 0.5) is 0 Å². The summed E-state index contributed by atoms with van der Waals surface area (Å²) in [7, 11) is 0. The maximum atomic E-state index is 6.26. The van der Waals surface area contributed by atoms with Crippen LogP contribution < -0.4 is 15.9 Å². The molecule has 1 aromatic rings. The Morgan fingerprint density at radius 2 is 2.05 bits per heavy atom. The van der Waals surface area contributed by atoms with Crippen LogP contribution in [0.2, 0.25) is 0 Å². The zero-order chi connectivity index (χ0) is 13.9. The Hall–Kier alpha value is -1.65. The summed E-state index contributed by atoms with van der Waals surface area (Å²) >= 11 is 6.26. The van der Waals surface area contributed by atoms with Crippen molar-refractivity contribution in [2.24, 2.45) is 11.7 Å². The molecule has 3 N–H and O–H groups in total. The molecule has 0 aromatic heterocycles. The van der Waals surface area contributed by atoms with Crippen molar-refractivity contribution in [2.75, 3.05) is 6.54 Å². The third kappa shape index (κ3) is 3.26. The molecule has 0 spiro atoms. The summed E-state index contributed by atoms with van der Waals surface area (Å²) in [6.07, 6.45) is 6.29. The maximum absolute atomic E-state index is 6.26. The second-order valence-electron chi connectivity index (χ2n) is 5.16. The molecule has 5 heteroatoms. The summed E-state index contributed by atoms with van der Waals surface area (Å²) in [6.45, 7) is 1.52. The van der Waals surface area contributed by atoms with E-state index in [-0.39, 0.29) is 0 Å². The molecule has 20 heavy (non-hydrogen) atoms. The molecule has 3 rings (SSSR count). The second kappa shape index (κ2) is 5.77. The van der Waals surface area contributed by atoms with Crippen molar-refractivity contribution < 1.29 is 4.74 Å². The van der Waals surface area contributed by atoms with Crippen LogP contribution in [0.25, 0.3) is 0 Å². The number of hydrogen-bond donors (Lipinski definition) is 2. The number of halogens is 1. The fourth-order valence-corrected chi connectivity index (χ4v) is 2.24.